The van der Waals surface area contributed by atoms with Crippen molar-refractivity contribution in [3.63, 3.8) is 0 Å². The molecule has 3 heterocycles. The predicted octanol–water partition coefficient (Wildman–Crippen LogP) is 0.220. The number of ether oxygens (including phenoxy) is 7. The topological polar surface area (TPSA) is 472 Å². The van der Waals surface area contributed by atoms with E-state index in [1.54, 1.807) is 13.8 Å². The van der Waals surface area contributed by atoms with Gasteiger partial charge in [-0.15, -0.1) is 0 Å². The molecule has 0 aliphatic carbocycles. The van der Waals surface area contributed by atoms with Gasteiger partial charge in [0.25, 0.3) is 0 Å². The molecule has 6 amide bonds. The first-order valence-electron chi connectivity index (χ1n) is 36.8. The maximum absolute atomic E-state index is 14.5. The van der Waals surface area contributed by atoms with Gasteiger partial charge in [-0.3, -0.25) is 43.2 Å². The molecule has 0 aromatic rings. The number of hydrogen-bond acceptors (Lipinski definition) is 25. The Morgan fingerprint density at radius 3 is 1.23 bits per heavy atom. The Labute approximate surface area is 595 Å². The molecule has 3 rings (SSSR count). The molecule has 3 aliphatic rings. The number of unbranched alkanes of at least 4 members (excludes halogenated alkanes) is 9. The van der Waals surface area contributed by atoms with Crippen LogP contribution in [0.2, 0.25) is 0 Å². The number of ketones is 3. The molecule has 9 unspecified atom stereocenters. The third kappa shape index (κ3) is 36.6. The molecule has 101 heavy (non-hydrogen) atoms. The van der Waals surface area contributed by atoms with Gasteiger partial charge in [0, 0.05) is 149 Å². The number of hydrogen-bond donors (Lipinski definition) is 15. The van der Waals surface area contributed by atoms with Crippen molar-refractivity contribution in [3.8, 4) is 0 Å². The van der Waals surface area contributed by atoms with Gasteiger partial charge >= 0.3 is 0 Å². The summed E-state index contributed by atoms with van der Waals surface area (Å²) < 4.78 is 39.1. The number of carbonyl (C=O) groups excluding carboxylic acids is 9. The van der Waals surface area contributed by atoms with E-state index in [4.69, 9.17) is 33.2 Å². The maximum Gasteiger partial charge on any atom is 0.220 e. The molecule has 0 radical (unpaired) electrons. The van der Waals surface area contributed by atoms with Crippen LogP contribution in [0.3, 0.4) is 0 Å². The Bertz CT molecular complexity index is 2380. The van der Waals surface area contributed by atoms with E-state index in [2.05, 4.69) is 31.9 Å². The van der Waals surface area contributed by atoms with Crippen LogP contribution in [0.1, 0.15) is 201 Å². The van der Waals surface area contributed by atoms with Gasteiger partial charge in [0.05, 0.1) is 38.6 Å². The number of carbonyl (C=O) groups is 9. The summed E-state index contributed by atoms with van der Waals surface area (Å²) in [6.45, 7) is 5.51. The highest BCUT2D eigenvalue weighted by Crippen LogP contribution is 2.31. The number of aliphatic hydroxyl groups excluding tert-OH is 9. The van der Waals surface area contributed by atoms with Crippen LogP contribution in [-0.2, 0) is 76.3 Å². The van der Waals surface area contributed by atoms with Crippen LogP contribution >= 0.6 is 0 Å². The molecule has 0 aromatic carbocycles. The summed E-state index contributed by atoms with van der Waals surface area (Å²) in [6.07, 6.45) is -2.75. The zero-order chi connectivity index (χ0) is 74.5. The first-order valence-corrected chi connectivity index (χ1v) is 36.8. The highest BCUT2D eigenvalue weighted by molar-refractivity contribution is 5.86. The van der Waals surface area contributed by atoms with Gasteiger partial charge in [0.15, 0.2) is 18.9 Å². The minimum atomic E-state index is -1.44. The standard InChI is InChI=1S/C70H124N6O25/c1-45-62(89)64(91)53(42-77)99-68(45)96-36-17-5-8-26-57(85)72-33-16-13-25-52(83)51(24-12-15-32-73-59(87)29-20-23-49(81)30-39-95-4)48(41-60(88)75-35-21-34-74-58(86)28-9-6-18-37-97-69-46(2)63(90)65(92)54(43-78)100-69)40-50(82)22-11-14-31-71-56(84)27-10-7-19-38-98-70-61(76-47(3)80)67(94)66(93)55(44-79)101-70/h45-46,48,51,53-55,61-70,77-79,89-94H,5-44H2,1-4H3,(H,71,84)(H,72,85)(H,73,87)(H,74,86)(H,75,88)(H,76,80)/t45?,46?,48?,51?,53?,54?,55?,61?,62-,63-,64?,65+,66+,67-,68-,69-,70-/m1/s1. The molecule has 3 fully saturated rings. The summed E-state index contributed by atoms with van der Waals surface area (Å²) >= 11 is 0. The molecule has 0 bridgehead atoms. The number of rotatable bonds is 57. The summed E-state index contributed by atoms with van der Waals surface area (Å²) in [6, 6.07) is -1.06. The lowest BCUT2D eigenvalue weighted by atomic mass is 9.77. The Balaban J connectivity index is 1.57. The monoisotopic (exact) mass is 1450 g/mol. The summed E-state index contributed by atoms with van der Waals surface area (Å²) in [5.74, 6) is -4.35. The number of methoxy groups -OCH3 is 1. The molecule has 3 aliphatic heterocycles. The van der Waals surface area contributed by atoms with Crippen molar-refractivity contribution >= 4 is 52.8 Å². The van der Waals surface area contributed by atoms with Crippen molar-refractivity contribution in [3.05, 3.63) is 0 Å². The molecule has 17 atom stereocenters. The van der Waals surface area contributed by atoms with Gasteiger partial charge in [0.2, 0.25) is 35.4 Å². The third-order valence-electron chi connectivity index (χ3n) is 18.6. The first kappa shape index (κ1) is 90.4. The highest BCUT2D eigenvalue weighted by Gasteiger charge is 2.46. The molecule has 15 N–H and O–H groups in total. The lowest BCUT2D eigenvalue weighted by Crippen LogP contribution is -2.64. The van der Waals surface area contributed by atoms with Crippen molar-refractivity contribution in [1.29, 1.82) is 0 Å². The van der Waals surface area contributed by atoms with Crippen molar-refractivity contribution in [2.45, 2.75) is 280 Å². The van der Waals surface area contributed by atoms with Crippen molar-refractivity contribution in [1.82, 2.24) is 31.9 Å². The van der Waals surface area contributed by atoms with Crippen LogP contribution in [0.15, 0.2) is 0 Å². The number of nitrogens with one attached hydrogen (secondary N) is 6. The fraction of sp³-hybridized carbons (Fsp3) is 0.871. The lowest BCUT2D eigenvalue weighted by Gasteiger charge is -2.42. The van der Waals surface area contributed by atoms with E-state index < -0.39 is 129 Å². The number of aliphatic hydroxyl groups is 9. The molecule has 31 heteroatoms. The second-order valence-corrected chi connectivity index (χ2v) is 27.0. The van der Waals surface area contributed by atoms with Gasteiger partial charge in [-0.1, -0.05) is 39.5 Å². The Morgan fingerprint density at radius 1 is 0.386 bits per heavy atom. The molecule has 3 saturated heterocycles. The van der Waals surface area contributed by atoms with Gasteiger partial charge in [0.1, 0.15) is 66.1 Å². The maximum atomic E-state index is 14.5. The second kappa shape index (κ2) is 53.0. The van der Waals surface area contributed by atoms with Gasteiger partial charge in [-0.05, 0) is 95.8 Å². The first-order chi connectivity index (χ1) is 48.5. The molecular weight excluding hydrogens is 1320 g/mol. The molecule has 0 spiro atoms. The van der Waals surface area contributed by atoms with Crippen molar-refractivity contribution in [2.75, 3.05) is 86.1 Å². The van der Waals surface area contributed by atoms with Crippen LogP contribution in [0.25, 0.3) is 0 Å². The van der Waals surface area contributed by atoms with Crippen molar-refractivity contribution in [2.24, 2.45) is 23.7 Å². The molecule has 31 nitrogen and oxygen atoms in total. The van der Waals surface area contributed by atoms with Gasteiger partial charge < -0.3 is 111 Å². The number of amides is 6. The van der Waals surface area contributed by atoms with Crippen LogP contribution in [0.5, 0.6) is 0 Å². The summed E-state index contributed by atoms with van der Waals surface area (Å²) in [5.41, 5.74) is 0. The van der Waals surface area contributed by atoms with Gasteiger partial charge in [-0.2, -0.15) is 0 Å². The summed E-state index contributed by atoms with van der Waals surface area (Å²) in [7, 11) is 1.51. The minimum Gasteiger partial charge on any atom is -0.394 e. The summed E-state index contributed by atoms with van der Waals surface area (Å²) in [4.78, 5) is 117. The molecule has 0 saturated carbocycles. The Hall–Kier alpha value is -4.81. The largest absolute Gasteiger partial charge is 0.394 e. The van der Waals surface area contributed by atoms with E-state index in [0.29, 0.717) is 142 Å². The Kier molecular flexibility index (Phi) is 47.5. The normalized spacial score (nSPS) is 25.7. The van der Waals surface area contributed by atoms with Crippen LogP contribution in [0, 0.1) is 23.7 Å². The summed E-state index contributed by atoms with van der Waals surface area (Å²) in [5, 5.41) is 107. The highest BCUT2D eigenvalue weighted by atomic mass is 16.7. The third-order valence-corrected chi connectivity index (χ3v) is 18.6. The fourth-order valence-electron chi connectivity index (χ4n) is 12.4. The van der Waals surface area contributed by atoms with Crippen LogP contribution in [0.4, 0.5) is 0 Å². The quantitative estimate of drug-likeness (QED) is 0.0362. The number of Topliss-reactive ketones (excluding diaryl/α,β-unsaturated/α-hetero) is 3. The molecule has 584 valence electrons. The average molecular weight is 1450 g/mol. The zero-order valence-electron chi connectivity index (χ0n) is 60.2. The molecule has 0 aromatic heterocycles. The van der Waals surface area contributed by atoms with E-state index in [-0.39, 0.29) is 144 Å². The molecular formula is C70H124N6O25. The minimum absolute atomic E-state index is 0.00491. The van der Waals surface area contributed by atoms with Crippen molar-refractivity contribution < 1.29 is 122 Å². The van der Waals surface area contributed by atoms with E-state index >= 15 is 0 Å². The van der Waals surface area contributed by atoms with Crippen LogP contribution in [-0.4, -0.2) is 265 Å². The SMILES string of the molecule is COCCC(=O)CCCC(=O)NCCCCC(C(=O)CCCCNC(=O)CCCCCO[C@@H]1OC(CO)C(O)[C@H](O)C1C)C(CC(=O)CCCCNC(=O)CCCCCO[C@@H]1OC(CO)[C@H](O)[C@H](O)C1NC(C)=O)CC(=O)NCCCNC(=O)CCCCCO[C@@H]1OC(CO)[C@H](O)[C@H](O)C1C. The van der Waals surface area contributed by atoms with E-state index in [9.17, 15) is 89.1 Å². The van der Waals surface area contributed by atoms with E-state index in [1.165, 1.54) is 14.0 Å². The van der Waals surface area contributed by atoms with E-state index in [0.717, 1.165) is 0 Å². The average Bonchev–Trinajstić information content (AvgIpc) is 0.823. The lowest BCUT2D eigenvalue weighted by molar-refractivity contribution is -0.282. The van der Waals surface area contributed by atoms with Crippen LogP contribution < -0.4 is 31.9 Å². The fourth-order valence-corrected chi connectivity index (χ4v) is 12.4. The zero-order valence-corrected chi connectivity index (χ0v) is 60.2. The van der Waals surface area contributed by atoms with E-state index in [1.807, 2.05) is 0 Å². The second-order valence-electron chi connectivity index (χ2n) is 27.0. The smallest absolute Gasteiger partial charge is 0.220 e. The van der Waals surface area contributed by atoms with Gasteiger partial charge in [-0.25, -0.2) is 0 Å². The predicted molar refractivity (Wildman–Crippen MR) is 365 cm³/mol. The Morgan fingerprint density at radius 2 is 0.772 bits per heavy atom.